The molecule has 0 radical (unpaired) electrons. The Morgan fingerprint density at radius 3 is 2.19 bits per heavy atom. The molecule has 0 bridgehead atoms. The maximum Gasteiger partial charge on any atom is 0.416 e. The normalized spacial score (nSPS) is 13.4. The molecule has 0 aromatic heterocycles. The monoisotopic (exact) mass is 410 g/mol. The van der Waals surface area contributed by atoms with Crippen LogP contribution in [0.3, 0.4) is 0 Å². The van der Waals surface area contributed by atoms with E-state index in [4.69, 9.17) is 4.74 Å². The predicted octanol–water partition coefficient (Wildman–Crippen LogP) is 4.47. The average Bonchev–Trinajstić information content (AvgIpc) is 2.55. The summed E-state index contributed by atoms with van der Waals surface area (Å²) in [6.07, 6.45) is -5.38. The van der Waals surface area contributed by atoms with E-state index in [0.29, 0.717) is 0 Å². The van der Waals surface area contributed by atoms with E-state index in [2.05, 4.69) is 4.18 Å². The van der Waals surface area contributed by atoms with Crippen molar-refractivity contribution in [2.75, 3.05) is 12.9 Å². The number of ether oxygens (including phenoxy) is 1. The number of halogens is 5. The maximum absolute atomic E-state index is 13.8. The number of benzene rings is 2. The maximum atomic E-state index is 13.8. The summed E-state index contributed by atoms with van der Waals surface area (Å²) in [5.74, 6) is -2.87. The van der Waals surface area contributed by atoms with Gasteiger partial charge in [-0.25, -0.2) is 8.78 Å². The van der Waals surface area contributed by atoms with Crippen LogP contribution in [0.4, 0.5) is 22.0 Å². The quantitative estimate of drug-likeness (QED) is 0.499. The molecular formula is C17H15F5O4S. The van der Waals surface area contributed by atoms with Gasteiger partial charge >= 0.3 is 6.18 Å². The third kappa shape index (κ3) is 6.17. The molecule has 1 atom stereocenters. The molecule has 10 heteroatoms. The second-order valence-corrected chi connectivity index (χ2v) is 7.24. The first kappa shape index (κ1) is 21.1. The minimum absolute atomic E-state index is 0.0374. The number of rotatable bonds is 7. The van der Waals surface area contributed by atoms with E-state index < -0.39 is 52.0 Å². The Bertz CT molecular complexity index is 876. The summed E-state index contributed by atoms with van der Waals surface area (Å²) >= 11 is 0. The van der Waals surface area contributed by atoms with E-state index >= 15 is 0 Å². The third-order valence-corrected chi connectivity index (χ3v) is 4.04. The van der Waals surface area contributed by atoms with Crippen molar-refractivity contribution in [3.8, 4) is 5.75 Å². The first-order chi connectivity index (χ1) is 12.5. The van der Waals surface area contributed by atoms with Gasteiger partial charge in [0.05, 0.1) is 18.4 Å². The van der Waals surface area contributed by atoms with Crippen LogP contribution in [0.2, 0.25) is 0 Å². The minimum atomic E-state index is -4.63. The highest BCUT2D eigenvalue weighted by atomic mass is 32.2. The molecule has 0 heterocycles. The van der Waals surface area contributed by atoms with Crippen molar-refractivity contribution in [2.45, 2.75) is 18.7 Å². The molecule has 0 aliphatic carbocycles. The van der Waals surface area contributed by atoms with Crippen LogP contribution < -0.4 is 4.74 Å². The lowest BCUT2D eigenvalue weighted by molar-refractivity contribution is -0.137. The second-order valence-electron chi connectivity index (χ2n) is 5.60. The smallest absolute Gasteiger partial charge is 0.416 e. The summed E-state index contributed by atoms with van der Waals surface area (Å²) in [5.41, 5.74) is -1.02. The van der Waals surface area contributed by atoms with Gasteiger partial charge in [0.2, 0.25) is 0 Å². The number of para-hydroxylation sites is 1. The van der Waals surface area contributed by atoms with Crippen molar-refractivity contribution in [1.82, 2.24) is 0 Å². The van der Waals surface area contributed by atoms with Crippen molar-refractivity contribution in [3.63, 3.8) is 0 Å². The summed E-state index contributed by atoms with van der Waals surface area (Å²) in [6.45, 7) is -0.449. The lowest BCUT2D eigenvalue weighted by Crippen LogP contribution is -2.15. The van der Waals surface area contributed by atoms with Gasteiger partial charge in [0.15, 0.2) is 17.4 Å². The van der Waals surface area contributed by atoms with E-state index in [0.717, 1.165) is 42.7 Å². The zero-order valence-electron chi connectivity index (χ0n) is 14.0. The number of hydrogen-bond acceptors (Lipinski definition) is 4. The van der Waals surface area contributed by atoms with Crippen LogP contribution in [0.25, 0.3) is 0 Å². The van der Waals surface area contributed by atoms with E-state index in [9.17, 15) is 30.4 Å². The van der Waals surface area contributed by atoms with Gasteiger partial charge in [-0.3, -0.25) is 4.18 Å². The molecule has 0 fully saturated rings. The fourth-order valence-corrected chi connectivity index (χ4v) is 2.65. The van der Waals surface area contributed by atoms with E-state index in [1.54, 1.807) is 0 Å². The van der Waals surface area contributed by atoms with E-state index in [-0.39, 0.29) is 12.0 Å². The Balaban J connectivity index is 2.35. The van der Waals surface area contributed by atoms with E-state index in [1.165, 1.54) is 6.07 Å². The predicted molar refractivity (Wildman–Crippen MR) is 86.6 cm³/mol. The van der Waals surface area contributed by atoms with Gasteiger partial charge in [0.25, 0.3) is 10.1 Å². The van der Waals surface area contributed by atoms with Gasteiger partial charge in [-0.1, -0.05) is 18.2 Å². The molecule has 0 saturated heterocycles. The van der Waals surface area contributed by atoms with Crippen molar-refractivity contribution in [2.24, 2.45) is 0 Å². The second kappa shape index (κ2) is 8.22. The van der Waals surface area contributed by atoms with Gasteiger partial charge in [0.1, 0.15) is 6.10 Å². The molecule has 0 aliphatic rings. The fourth-order valence-electron chi connectivity index (χ4n) is 2.25. The number of alkyl halides is 3. The molecule has 0 saturated carbocycles. The van der Waals surface area contributed by atoms with Crippen LogP contribution in [0.1, 0.15) is 23.7 Å². The van der Waals surface area contributed by atoms with Crippen LogP contribution in [0.15, 0.2) is 42.5 Å². The third-order valence-electron chi connectivity index (χ3n) is 3.44. The summed E-state index contributed by atoms with van der Waals surface area (Å²) in [4.78, 5) is 0. The first-order valence-corrected chi connectivity index (χ1v) is 9.41. The molecule has 4 nitrogen and oxygen atoms in total. The summed E-state index contributed by atoms with van der Waals surface area (Å²) < 4.78 is 98.4. The van der Waals surface area contributed by atoms with Crippen molar-refractivity contribution < 1.29 is 39.3 Å². The zero-order chi connectivity index (χ0) is 20.2. The Hall–Kier alpha value is -2.20. The number of hydrogen-bond donors (Lipinski definition) is 0. The highest BCUT2D eigenvalue weighted by molar-refractivity contribution is 7.85. The van der Waals surface area contributed by atoms with Crippen LogP contribution >= 0.6 is 0 Å². The van der Waals surface area contributed by atoms with Crippen LogP contribution in [-0.2, 0) is 20.5 Å². The molecule has 0 spiro atoms. The molecular weight excluding hydrogens is 395 g/mol. The Morgan fingerprint density at radius 2 is 1.63 bits per heavy atom. The van der Waals surface area contributed by atoms with Gasteiger partial charge < -0.3 is 4.74 Å². The Morgan fingerprint density at radius 1 is 1.04 bits per heavy atom. The highest BCUT2D eigenvalue weighted by Crippen LogP contribution is 2.34. The molecule has 2 rings (SSSR count). The SMILES string of the molecule is CS(=O)(=O)OCCC(Oc1c(F)cccc1F)c1cccc(C(F)(F)F)c1. The Labute approximate surface area is 152 Å². The standard InChI is InChI=1S/C17H15F5O4S/c1-27(23,24)25-9-8-15(26-16-13(18)6-3-7-14(16)19)11-4-2-5-12(10-11)17(20,21)22/h2-7,10,15H,8-9H2,1H3. The first-order valence-electron chi connectivity index (χ1n) is 7.59. The van der Waals surface area contributed by atoms with Gasteiger partial charge in [-0.2, -0.15) is 21.6 Å². The topological polar surface area (TPSA) is 52.6 Å². The molecule has 2 aromatic rings. The van der Waals surface area contributed by atoms with Crippen LogP contribution in [0.5, 0.6) is 5.75 Å². The van der Waals surface area contributed by atoms with Crippen LogP contribution in [-0.4, -0.2) is 21.3 Å². The Kier molecular flexibility index (Phi) is 6.42. The highest BCUT2D eigenvalue weighted by Gasteiger charge is 2.31. The molecule has 27 heavy (non-hydrogen) atoms. The van der Waals surface area contributed by atoms with E-state index in [1.807, 2.05) is 0 Å². The van der Waals surface area contributed by atoms with Gasteiger partial charge in [-0.05, 0) is 29.8 Å². The van der Waals surface area contributed by atoms with Crippen molar-refractivity contribution in [3.05, 3.63) is 65.2 Å². The van der Waals surface area contributed by atoms with Crippen molar-refractivity contribution in [1.29, 1.82) is 0 Å². The molecule has 0 amide bonds. The largest absolute Gasteiger partial charge is 0.480 e. The molecule has 0 N–H and O–H groups in total. The average molecular weight is 410 g/mol. The summed E-state index contributed by atoms with van der Waals surface area (Å²) in [6, 6.07) is 6.94. The minimum Gasteiger partial charge on any atom is -0.480 e. The summed E-state index contributed by atoms with van der Waals surface area (Å²) in [7, 11) is -3.81. The molecule has 0 aliphatic heterocycles. The lowest BCUT2D eigenvalue weighted by Gasteiger charge is -2.21. The zero-order valence-corrected chi connectivity index (χ0v) is 14.8. The van der Waals surface area contributed by atoms with Gasteiger partial charge in [0, 0.05) is 6.42 Å². The fraction of sp³-hybridized carbons (Fsp3) is 0.294. The molecule has 1 unspecified atom stereocenters. The van der Waals surface area contributed by atoms with Crippen molar-refractivity contribution >= 4 is 10.1 Å². The van der Waals surface area contributed by atoms with Crippen LogP contribution in [0, 0.1) is 11.6 Å². The molecule has 2 aromatic carbocycles. The lowest BCUT2D eigenvalue weighted by atomic mass is 10.0. The summed E-state index contributed by atoms with van der Waals surface area (Å²) in [5, 5.41) is 0. The molecule has 148 valence electrons. The van der Waals surface area contributed by atoms with Gasteiger partial charge in [-0.15, -0.1) is 0 Å².